The number of carbonyl (C=O) groups is 2. The number of carbonyl (C=O) groups excluding carboxylic acids is 2. The van der Waals surface area contributed by atoms with E-state index in [2.05, 4.69) is 5.32 Å². The summed E-state index contributed by atoms with van der Waals surface area (Å²) in [5, 5.41) is 3.04. The summed E-state index contributed by atoms with van der Waals surface area (Å²) in [6.07, 6.45) is 3.78. The highest BCUT2D eigenvalue weighted by molar-refractivity contribution is 6.33. The van der Waals surface area contributed by atoms with Crippen molar-refractivity contribution in [2.45, 2.75) is 6.61 Å². The smallest absolute Gasteiger partial charge is 0.407 e. The summed E-state index contributed by atoms with van der Waals surface area (Å²) in [6.45, 7) is 0.558. The van der Waals surface area contributed by atoms with E-state index in [4.69, 9.17) is 16.3 Å². The maximum absolute atomic E-state index is 11.5. The van der Waals surface area contributed by atoms with Crippen molar-refractivity contribution < 1.29 is 14.3 Å². The van der Waals surface area contributed by atoms with E-state index in [-0.39, 0.29) is 6.61 Å². The highest BCUT2D eigenvalue weighted by Crippen LogP contribution is 2.16. The zero-order valence-electron chi connectivity index (χ0n) is 12.4. The van der Waals surface area contributed by atoms with Gasteiger partial charge in [0.15, 0.2) is 6.29 Å². The number of halogens is 1. The molecule has 23 heavy (non-hydrogen) atoms. The lowest BCUT2D eigenvalue weighted by Gasteiger charge is -2.05. The zero-order valence-corrected chi connectivity index (χ0v) is 13.1. The lowest BCUT2D eigenvalue weighted by Crippen LogP contribution is -2.24. The molecule has 2 aromatic carbocycles. The number of alkyl carbamates (subject to hydrolysis) is 1. The molecule has 2 rings (SSSR count). The molecule has 2 aromatic rings. The number of ether oxygens (including phenoxy) is 1. The third kappa shape index (κ3) is 5.60. The van der Waals surface area contributed by atoms with E-state index in [1.807, 2.05) is 30.3 Å². The molecule has 0 aliphatic carbocycles. The maximum Gasteiger partial charge on any atom is 0.407 e. The fourth-order valence-electron chi connectivity index (χ4n) is 1.87. The molecule has 1 amide bonds. The normalized spacial score (nSPS) is 10.5. The van der Waals surface area contributed by atoms with Crippen molar-refractivity contribution in [1.82, 2.24) is 5.32 Å². The van der Waals surface area contributed by atoms with Crippen LogP contribution in [0, 0.1) is 0 Å². The standard InChI is InChI=1S/C18H16ClNO3/c19-17-9-8-14(11-16(17)12-21)7-4-10-20-18(22)23-13-15-5-2-1-3-6-15/h1-9,11-12H,10,13H2,(H,20,22). The Kier molecular flexibility index (Phi) is 6.39. The number of benzene rings is 2. The van der Waals surface area contributed by atoms with E-state index in [1.165, 1.54) is 0 Å². The van der Waals surface area contributed by atoms with Gasteiger partial charge in [-0.05, 0) is 23.3 Å². The Balaban J connectivity index is 1.75. The SMILES string of the molecule is O=Cc1cc(C=CCNC(=O)OCc2ccccc2)ccc1Cl. The van der Waals surface area contributed by atoms with Crippen LogP contribution in [0.4, 0.5) is 4.79 Å². The molecular weight excluding hydrogens is 314 g/mol. The quantitative estimate of drug-likeness (QED) is 0.812. The third-order valence-electron chi connectivity index (χ3n) is 3.03. The molecule has 0 aromatic heterocycles. The molecular formula is C18H16ClNO3. The summed E-state index contributed by atoms with van der Waals surface area (Å²) in [7, 11) is 0. The summed E-state index contributed by atoms with van der Waals surface area (Å²) >= 11 is 5.86. The molecule has 0 spiro atoms. The number of aldehydes is 1. The van der Waals surface area contributed by atoms with Gasteiger partial charge in [0.2, 0.25) is 0 Å². The Morgan fingerprint density at radius 1 is 1.17 bits per heavy atom. The highest BCUT2D eigenvalue weighted by atomic mass is 35.5. The van der Waals surface area contributed by atoms with E-state index < -0.39 is 6.09 Å². The number of hydrogen-bond donors (Lipinski definition) is 1. The van der Waals surface area contributed by atoms with Crippen LogP contribution in [0.25, 0.3) is 6.08 Å². The van der Waals surface area contributed by atoms with Crippen molar-refractivity contribution in [3.05, 3.63) is 76.3 Å². The molecule has 118 valence electrons. The molecule has 0 radical (unpaired) electrons. The van der Waals surface area contributed by atoms with Gasteiger partial charge in [0.1, 0.15) is 6.61 Å². The summed E-state index contributed by atoms with van der Waals surface area (Å²) in [5.74, 6) is 0. The van der Waals surface area contributed by atoms with Gasteiger partial charge in [0, 0.05) is 12.1 Å². The van der Waals surface area contributed by atoms with E-state index in [1.54, 1.807) is 30.4 Å². The van der Waals surface area contributed by atoms with E-state index in [0.717, 1.165) is 11.1 Å². The Hall–Kier alpha value is -2.59. The maximum atomic E-state index is 11.5. The first kappa shape index (κ1) is 16.8. The first-order valence-corrected chi connectivity index (χ1v) is 7.42. The van der Waals surface area contributed by atoms with E-state index >= 15 is 0 Å². The topological polar surface area (TPSA) is 55.4 Å². The first-order chi connectivity index (χ1) is 11.2. The summed E-state index contributed by atoms with van der Waals surface area (Å²) in [5.41, 5.74) is 2.20. The average Bonchev–Trinajstić information content (AvgIpc) is 2.59. The fraction of sp³-hybridized carbons (Fsp3) is 0.111. The van der Waals surface area contributed by atoms with Gasteiger partial charge < -0.3 is 10.1 Å². The summed E-state index contributed by atoms with van der Waals surface area (Å²) < 4.78 is 5.08. The molecule has 0 heterocycles. The molecule has 0 bridgehead atoms. The minimum atomic E-state index is -0.483. The van der Waals surface area contributed by atoms with Gasteiger partial charge in [-0.15, -0.1) is 0 Å². The van der Waals surface area contributed by atoms with Crippen LogP contribution in [0.3, 0.4) is 0 Å². The second-order valence-electron chi connectivity index (χ2n) is 4.74. The number of rotatable bonds is 6. The summed E-state index contributed by atoms with van der Waals surface area (Å²) in [4.78, 5) is 22.3. The molecule has 0 saturated carbocycles. The van der Waals surface area contributed by atoms with Gasteiger partial charge >= 0.3 is 6.09 Å². The average molecular weight is 330 g/mol. The molecule has 0 atom stereocenters. The molecule has 0 aliphatic heterocycles. The second-order valence-corrected chi connectivity index (χ2v) is 5.15. The lowest BCUT2D eigenvalue weighted by atomic mass is 10.1. The van der Waals surface area contributed by atoms with E-state index in [9.17, 15) is 9.59 Å². The Labute approximate surface area is 139 Å². The molecule has 4 nitrogen and oxygen atoms in total. The van der Waals surface area contributed by atoms with Crippen LogP contribution in [-0.4, -0.2) is 18.9 Å². The minimum absolute atomic E-state index is 0.232. The first-order valence-electron chi connectivity index (χ1n) is 7.05. The van der Waals surface area contributed by atoms with Crippen molar-refractivity contribution in [3.63, 3.8) is 0 Å². The molecule has 0 fully saturated rings. The minimum Gasteiger partial charge on any atom is -0.445 e. The van der Waals surface area contributed by atoms with Gasteiger partial charge in [-0.3, -0.25) is 4.79 Å². The molecule has 0 aliphatic rings. The van der Waals surface area contributed by atoms with Crippen molar-refractivity contribution in [3.8, 4) is 0 Å². The Morgan fingerprint density at radius 2 is 1.96 bits per heavy atom. The largest absolute Gasteiger partial charge is 0.445 e. The van der Waals surface area contributed by atoms with Gasteiger partial charge in [-0.2, -0.15) is 0 Å². The number of amides is 1. The predicted molar refractivity (Wildman–Crippen MR) is 90.5 cm³/mol. The fourth-order valence-corrected chi connectivity index (χ4v) is 2.03. The Morgan fingerprint density at radius 3 is 2.70 bits per heavy atom. The summed E-state index contributed by atoms with van der Waals surface area (Å²) in [6, 6.07) is 14.6. The van der Waals surface area contributed by atoms with Crippen LogP contribution in [0.15, 0.2) is 54.6 Å². The van der Waals surface area contributed by atoms with Crippen LogP contribution in [-0.2, 0) is 11.3 Å². The van der Waals surface area contributed by atoms with Gasteiger partial charge in [-0.25, -0.2) is 4.79 Å². The van der Waals surface area contributed by atoms with Crippen LogP contribution in [0.1, 0.15) is 21.5 Å². The third-order valence-corrected chi connectivity index (χ3v) is 3.38. The number of nitrogens with one attached hydrogen (secondary N) is 1. The van der Waals surface area contributed by atoms with E-state index in [0.29, 0.717) is 23.4 Å². The molecule has 0 saturated heterocycles. The van der Waals surface area contributed by atoms with Crippen LogP contribution < -0.4 is 5.32 Å². The van der Waals surface area contributed by atoms with Crippen molar-refractivity contribution in [1.29, 1.82) is 0 Å². The molecule has 5 heteroatoms. The van der Waals surface area contributed by atoms with Gasteiger partial charge in [0.05, 0.1) is 5.02 Å². The van der Waals surface area contributed by atoms with Crippen LogP contribution in [0.5, 0.6) is 0 Å². The Bertz CT molecular complexity index is 699. The van der Waals surface area contributed by atoms with Crippen molar-refractivity contribution >= 4 is 30.1 Å². The van der Waals surface area contributed by atoms with Crippen LogP contribution in [0.2, 0.25) is 5.02 Å². The van der Waals surface area contributed by atoms with Gasteiger partial charge in [0.25, 0.3) is 0 Å². The van der Waals surface area contributed by atoms with Crippen molar-refractivity contribution in [2.75, 3.05) is 6.54 Å². The molecule has 0 unspecified atom stereocenters. The molecule has 1 N–H and O–H groups in total. The second kappa shape index (κ2) is 8.76. The highest BCUT2D eigenvalue weighted by Gasteiger charge is 2.01. The number of hydrogen-bond acceptors (Lipinski definition) is 3. The lowest BCUT2D eigenvalue weighted by molar-refractivity contribution is 0.112. The predicted octanol–water partition coefficient (Wildman–Crippen LogP) is 4.09. The van der Waals surface area contributed by atoms with Crippen LogP contribution >= 0.6 is 11.6 Å². The zero-order chi connectivity index (χ0) is 16.5. The van der Waals surface area contributed by atoms with Crippen molar-refractivity contribution in [2.24, 2.45) is 0 Å². The van der Waals surface area contributed by atoms with Gasteiger partial charge in [-0.1, -0.05) is 60.2 Å². The monoisotopic (exact) mass is 329 g/mol.